The largest absolute Gasteiger partial charge is 0.370 e. The van der Waals surface area contributed by atoms with Crippen LogP contribution in [0.1, 0.15) is 54.4 Å². The van der Waals surface area contributed by atoms with Crippen LogP contribution >= 0.6 is 0 Å². The molecule has 3 heterocycles. The van der Waals surface area contributed by atoms with Crippen molar-refractivity contribution >= 4 is 0 Å². The van der Waals surface area contributed by atoms with Gasteiger partial charge >= 0.3 is 0 Å². The average molecular weight is 330 g/mol. The Kier molecular flexibility index (Phi) is 4.53. The van der Waals surface area contributed by atoms with Crippen molar-refractivity contribution in [2.45, 2.75) is 96.2 Å². The summed E-state index contributed by atoms with van der Waals surface area (Å²) in [6.45, 7) is 12.9. The molecule has 0 saturated carbocycles. The van der Waals surface area contributed by atoms with Gasteiger partial charge in [-0.15, -0.1) is 0 Å². The summed E-state index contributed by atoms with van der Waals surface area (Å²) >= 11 is 0. The molecule has 0 N–H and O–H groups in total. The molecule has 3 aliphatic rings. The molecule has 0 aliphatic carbocycles. The molecule has 0 aromatic heterocycles. The summed E-state index contributed by atoms with van der Waals surface area (Å²) in [5.41, 5.74) is -0.623. The maximum atomic E-state index is 6.27. The van der Waals surface area contributed by atoms with E-state index in [9.17, 15) is 0 Å². The molecule has 3 rings (SSSR count). The lowest BCUT2D eigenvalue weighted by atomic mass is 9.91. The van der Waals surface area contributed by atoms with E-state index in [0.29, 0.717) is 13.2 Å². The highest BCUT2D eigenvalue weighted by molar-refractivity contribution is 5.07. The van der Waals surface area contributed by atoms with Gasteiger partial charge in [0.2, 0.25) is 0 Å². The van der Waals surface area contributed by atoms with E-state index in [0.717, 1.165) is 12.8 Å². The van der Waals surface area contributed by atoms with E-state index in [1.54, 1.807) is 0 Å². The van der Waals surface area contributed by atoms with Crippen molar-refractivity contribution in [1.82, 2.24) is 0 Å². The Hall–Kier alpha value is -0.240. The summed E-state index contributed by atoms with van der Waals surface area (Å²) in [6.07, 6.45) is 0.886. The third kappa shape index (κ3) is 3.30. The van der Waals surface area contributed by atoms with E-state index in [1.807, 2.05) is 34.6 Å². The minimum absolute atomic E-state index is 0.197. The summed E-state index contributed by atoms with van der Waals surface area (Å²) in [4.78, 5) is 0. The molecule has 3 aliphatic heterocycles. The molecule has 0 aromatic rings. The average Bonchev–Trinajstić information content (AvgIpc) is 3.02. The first-order valence-corrected chi connectivity index (χ1v) is 8.64. The van der Waals surface area contributed by atoms with Crippen LogP contribution in [-0.4, -0.2) is 55.0 Å². The third-order valence-electron chi connectivity index (χ3n) is 4.75. The maximum Gasteiger partial charge on any atom is 0.190 e. The van der Waals surface area contributed by atoms with Crippen LogP contribution in [-0.2, 0) is 28.4 Å². The number of hydrogen-bond acceptors (Lipinski definition) is 6. The van der Waals surface area contributed by atoms with E-state index in [4.69, 9.17) is 28.4 Å². The minimum Gasteiger partial charge on any atom is -0.370 e. The monoisotopic (exact) mass is 330 g/mol. The fraction of sp³-hybridized carbons (Fsp3) is 1.00. The van der Waals surface area contributed by atoms with Gasteiger partial charge in [0.05, 0.1) is 6.61 Å². The van der Waals surface area contributed by atoms with Crippen LogP contribution in [0.3, 0.4) is 0 Å². The Morgan fingerprint density at radius 2 is 1.70 bits per heavy atom. The standard InChI is InChI=1S/C17H30O6/c1-7-8-9-18-17(6)12(11-10-19-15(2,3)21-11)20-14-13(17)22-16(4,5)23-14/h11-14H,7-10H2,1-6H3/t11?,12-,13+,14-,17+/m1/s1. The van der Waals surface area contributed by atoms with Crippen molar-refractivity contribution in [2.75, 3.05) is 13.2 Å². The highest BCUT2D eigenvalue weighted by Crippen LogP contribution is 2.47. The molecule has 0 bridgehead atoms. The second-order valence-corrected chi connectivity index (χ2v) is 7.73. The van der Waals surface area contributed by atoms with Gasteiger partial charge in [-0.1, -0.05) is 13.3 Å². The van der Waals surface area contributed by atoms with Gasteiger partial charge < -0.3 is 28.4 Å². The number of rotatable bonds is 5. The molecule has 0 radical (unpaired) electrons. The Morgan fingerprint density at radius 3 is 2.30 bits per heavy atom. The SMILES string of the molecule is CCCCO[C@@]1(C)[C@@H](C2COC(C)(C)O2)O[C@@H]2OC(C)(C)O[C@@H]21. The fourth-order valence-corrected chi connectivity index (χ4v) is 3.58. The van der Waals surface area contributed by atoms with E-state index in [2.05, 4.69) is 6.92 Å². The highest BCUT2D eigenvalue weighted by atomic mass is 16.9. The number of unbranched alkanes of at least 4 members (excludes halogenated alkanes) is 1. The van der Waals surface area contributed by atoms with Crippen LogP contribution in [0.5, 0.6) is 0 Å². The number of ether oxygens (including phenoxy) is 6. The smallest absolute Gasteiger partial charge is 0.190 e. The van der Waals surface area contributed by atoms with Crippen LogP contribution in [0.2, 0.25) is 0 Å². The summed E-state index contributed by atoms with van der Waals surface area (Å²) < 4.78 is 36.1. The van der Waals surface area contributed by atoms with Crippen molar-refractivity contribution in [3.05, 3.63) is 0 Å². The zero-order valence-electron chi connectivity index (χ0n) is 15.1. The molecule has 0 spiro atoms. The van der Waals surface area contributed by atoms with Crippen LogP contribution in [0, 0.1) is 0 Å². The Labute approximate surface area is 138 Å². The lowest BCUT2D eigenvalue weighted by Crippen LogP contribution is -2.54. The molecular formula is C17H30O6. The van der Waals surface area contributed by atoms with Gasteiger partial charge in [-0.2, -0.15) is 0 Å². The second kappa shape index (κ2) is 5.93. The lowest BCUT2D eigenvalue weighted by molar-refractivity contribution is -0.252. The van der Waals surface area contributed by atoms with Crippen LogP contribution in [0.4, 0.5) is 0 Å². The summed E-state index contributed by atoms with van der Waals surface area (Å²) in [6, 6.07) is 0. The van der Waals surface area contributed by atoms with Gasteiger partial charge in [0.15, 0.2) is 17.9 Å². The van der Waals surface area contributed by atoms with Gasteiger partial charge in [-0.25, -0.2) is 0 Å². The summed E-state index contributed by atoms with van der Waals surface area (Å²) in [7, 11) is 0. The normalized spacial score (nSPS) is 44.6. The minimum atomic E-state index is -0.665. The van der Waals surface area contributed by atoms with E-state index in [-0.39, 0.29) is 18.3 Å². The zero-order chi connectivity index (χ0) is 16.9. The van der Waals surface area contributed by atoms with Gasteiger partial charge in [-0.05, 0) is 41.0 Å². The topological polar surface area (TPSA) is 55.4 Å². The quantitative estimate of drug-likeness (QED) is 0.722. The Bertz CT molecular complexity index is 437. The van der Waals surface area contributed by atoms with E-state index in [1.165, 1.54) is 0 Å². The molecule has 3 fully saturated rings. The van der Waals surface area contributed by atoms with Gasteiger partial charge in [0.25, 0.3) is 0 Å². The number of hydrogen-bond donors (Lipinski definition) is 0. The molecule has 5 atom stereocenters. The summed E-state index contributed by atoms with van der Waals surface area (Å²) in [5.74, 6) is -1.26. The van der Waals surface area contributed by atoms with Crippen molar-refractivity contribution in [1.29, 1.82) is 0 Å². The predicted octanol–water partition coefficient (Wildman–Crippen LogP) is 2.59. The molecule has 134 valence electrons. The van der Waals surface area contributed by atoms with Crippen molar-refractivity contribution in [3.8, 4) is 0 Å². The van der Waals surface area contributed by atoms with Crippen LogP contribution in [0.15, 0.2) is 0 Å². The first-order valence-electron chi connectivity index (χ1n) is 8.64. The maximum absolute atomic E-state index is 6.27. The molecule has 1 unspecified atom stereocenters. The Morgan fingerprint density at radius 1 is 0.957 bits per heavy atom. The van der Waals surface area contributed by atoms with Gasteiger partial charge in [0.1, 0.15) is 23.9 Å². The lowest BCUT2D eigenvalue weighted by Gasteiger charge is -2.37. The van der Waals surface area contributed by atoms with Gasteiger partial charge in [-0.3, -0.25) is 0 Å². The summed E-state index contributed by atoms with van der Waals surface area (Å²) in [5, 5.41) is 0. The second-order valence-electron chi connectivity index (χ2n) is 7.73. The van der Waals surface area contributed by atoms with Gasteiger partial charge in [0, 0.05) is 6.61 Å². The van der Waals surface area contributed by atoms with Crippen molar-refractivity contribution in [3.63, 3.8) is 0 Å². The molecule has 23 heavy (non-hydrogen) atoms. The molecule has 3 saturated heterocycles. The zero-order valence-corrected chi connectivity index (χ0v) is 15.1. The first-order chi connectivity index (χ1) is 10.7. The first kappa shape index (κ1) is 17.6. The van der Waals surface area contributed by atoms with E-state index < -0.39 is 23.5 Å². The fourth-order valence-electron chi connectivity index (χ4n) is 3.58. The highest BCUT2D eigenvalue weighted by Gasteiger charge is 2.65. The molecule has 0 aromatic carbocycles. The van der Waals surface area contributed by atoms with Crippen LogP contribution in [0.25, 0.3) is 0 Å². The van der Waals surface area contributed by atoms with Crippen molar-refractivity contribution < 1.29 is 28.4 Å². The Balaban J connectivity index is 1.78. The van der Waals surface area contributed by atoms with Crippen molar-refractivity contribution in [2.24, 2.45) is 0 Å². The predicted molar refractivity (Wildman–Crippen MR) is 82.9 cm³/mol. The molecule has 6 nitrogen and oxygen atoms in total. The molecule has 0 amide bonds. The molecular weight excluding hydrogens is 300 g/mol. The van der Waals surface area contributed by atoms with E-state index >= 15 is 0 Å². The third-order valence-corrected chi connectivity index (χ3v) is 4.75. The molecule has 6 heteroatoms. The van der Waals surface area contributed by atoms with Crippen LogP contribution < -0.4 is 0 Å². The number of fused-ring (bicyclic) bond motifs is 1.